The van der Waals surface area contributed by atoms with Gasteiger partial charge in [-0.15, -0.1) is 0 Å². The Morgan fingerprint density at radius 2 is 2.00 bits per heavy atom. The molecule has 0 amide bonds. The van der Waals surface area contributed by atoms with Crippen molar-refractivity contribution >= 4 is 5.69 Å². The zero-order chi connectivity index (χ0) is 15.7. The minimum atomic E-state index is -0.359. The number of nitriles is 1. The van der Waals surface area contributed by atoms with Crippen molar-refractivity contribution in [3.63, 3.8) is 0 Å². The van der Waals surface area contributed by atoms with E-state index in [1.807, 2.05) is 0 Å². The summed E-state index contributed by atoms with van der Waals surface area (Å²) < 4.78 is 0. The van der Waals surface area contributed by atoms with Crippen LogP contribution in [-0.2, 0) is 0 Å². The largest absolute Gasteiger partial charge is 0.374 e. The first kappa shape index (κ1) is 17.5. The van der Waals surface area contributed by atoms with Crippen LogP contribution in [0.1, 0.15) is 45.1 Å². The first-order valence-electron chi connectivity index (χ1n) is 8.01. The van der Waals surface area contributed by atoms with E-state index in [1.165, 1.54) is 11.3 Å². The highest BCUT2D eigenvalue weighted by Crippen LogP contribution is 2.21. The molecule has 1 unspecified atom stereocenters. The Morgan fingerprint density at radius 1 is 1.29 bits per heavy atom. The summed E-state index contributed by atoms with van der Waals surface area (Å²) in [4.78, 5) is 2.28. The van der Waals surface area contributed by atoms with Gasteiger partial charge in [-0.05, 0) is 50.8 Å². The van der Waals surface area contributed by atoms with Crippen molar-refractivity contribution < 1.29 is 0 Å². The molecule has 0 aliphatic carbocycles. The van der Waals surface area contributed by atoms with Crippen LogP contribution in [0, 0.1) is 18.3 Å². The molecular formula is C18H29N3. The van der Waals surface area contributed by atoms with Gasteiger partial charge in [0.1, 0.15) is 5.54 Å². The second kappa shape index (κ2) is 8.69. The molecule has 3 nitrogen and oxygen atoms in total. The van der Waals surface area contributed by atoms with Crippen molar-refractivity contribution in [3.05, 3.63) is 29.8 Å². The van der Waals surface area contributed by atoms with E-state index in [1.54, 1.807) is 0 Å². The Kier molecular flexibility index (Phi) is 7.25. The summed E-state index contributed by atoms with van der Waals surface area (Å²) in [6.45, 7) is 8.26. The maximum absolute atomic E-state index is 9.50. The molecule has 1 atom stereocenters. The predicted octanol–water partition coefficient (Wildman–Crippen LogP) is 3.88. The minimum Gasteiger partial charge on any atom is -0.374 e. The Labute approximate surface area is 130 Å². The number of hydrogen-bond donors (Lipinski definition) is 1. The molecule has 3 heteroatoms. The third kappa shape index (κ3) is 5.06. The van der Waals surface area contributed by atoms with E-state index in [0.29, 0.717) is 0 Å². The van der Waals surface area contributed by atoms with Crippen LogP contribution in [-0.4, -0.2) is 25.7 Å². The zero-order valence-electron chi connectivity index (χ0n) is 13.9. The highest BCUT2D eigenvalue weighted by molar-refractivity contribution is 5.52. The second-order valence-electron chi connectivity index (χ2n) is 5.79. The van der Waals surface area contributed by atoms with Gasteiger partial charge in [-0.1, -0.05) is 32.0 Å². The Balaban J connectivity index is 2.54. The van der Waals surface area contributed by atoms with Gasteiger partial charge >= 0.3 is 0 Å². The average molecular weight is 287 g/mol. The van der Waals surface area contributed by atoms with E-state index in [2.05, 4.69) is 68.4 Å². The first-order valence-corrected chi connectivity index (χ1v) is 8.01. The molecule has 0 aliphatic rings. The fraction of sp³-hybridized carbons (Fsp3) is 0.611. The second-order valence-corrected chi connectivity index (χ2v) is 5.79. The topological polar surface area (TPSA) is 39.1 Å². The molecule has 1 aromatic carbocycles. The molecule has 0 bridgehead atoms. The molecule has 1 N–H and O–H groups in total. The number of benzene rings is 1. The molecular weight excluding hydrogens is 258 g/mol. The monoisotopic (exact) mass is 287 g/mol. The summed E-state index contributed by atoms with van der Waals surface area (Å²) >= 11 is 0. The van der Waals surface area contributed by atoms with Crippen molar-refractivity contribution in [3.8, 4) is 6.07 Å². The van der Waals surface area contributed by atoms with Gasteiger partial charge < -0.3 is 4.90 Å². The quantitative estimate of drug-likeness (QED) is 0.749. The first-order chi connectivity index (χ1) is 10.1. The van der Waals surface area contributed by atoms with Crippen LogP contribution in [0.25, 0.3) is 0 Å². The SMILES string of the molecule is CCCNC(C#N)(CC)CCCN(C)c1ccccc1C. The van der Waals surface area contributed by atoms with Gasteiger partial charge in [0, 0.05) is 19.3 Å². The molecule has 1 aromatic rings. The Morgan fingerprint density at radius 3 is 2.57 bits per heavy atom. The lowest BCUT2D eigenvalue weighted by Crippen LogP contribution is -2.44. The molecule has 116 valence electrons. The van der Waals surface area contributed by atoms with E-state index in [9.17, 15) is 5.26 Å². The summed E-state index contributed by atoms with van der Waals surface area (Å²) in [5.74, 6) is 0. The zero-order valence-corrected chi connectivity index (χ0v) is 13.9. The van der Waals surface area contributed by atoms with Crippen LogP contribution in [0.2, 0.25) is 0 Å². The summed E-state index contributed by atoms with van der Waals surface area (Å²) in [7, 11) is 2.13. The normalized spacial score (nSPS) is 13.5. The summed E-state index contributed by atoms with van der Waals surface area (Å²) in [5.41, 5.74) is 2.21. The lowest BCUT2D eigenvalue weighted by molar-refractivity contribution is 0.366. The van der Waals surface area contributed by atoms with Crippen LogP contribution in [0.5, 0.6) is 0 Å². The highest BCUT2D eigenvalue weighted by atomic mass is 15.1. The highest BCUT2D eigenvalue weighted by Gasteiger charge is 2.26. The van der Waals surface area contributed by atoms with Gasteiger partial charge in [0.2, 0.25) is 0 Å². The van der Waals surface area contributed by atoms with Gasteiger partial charge in [-0.25, -0.2) is 0 Å². The van der Waals surface area contributed by atoms with E-state index >= 15 is 0 Å². The maximum Gasteiger partial charge on any atom is 0.106 e. The van der Waals surface area contributed by atoms with E-state index in [4.69, 9.17) is 0 Å². The molecule has 0 fully saturated rings. The molecule has 0 saturated carbocycles. The van der Waals surface area contributed by atoms with Gasteiger partial charge in [0.05, 0.1) is 6.07 Å². The van der Waals surface area contributed by atoms with E-state index in [-0.39, 0.29) is 5.54 Å². The van der Waals surface area contributed by atoms with Crippen molar-refractivity contribution in [2.24, 2.45) is 0 Å². The van der Waals surface area contributed by atoms with Crippen molar-refractivity contribution in [1.29, 1.82) is 5.26 Å². The van der Waals surface area contributed by atoms with Crippen LogP contribution in [0.3, 0.4) is 0 Å². The number of nitrogens with zero attached hydrogens (tertiary/aromatic N) is 2. The number of nitrogens with one attached hydrogen (secondary N) is 1. The molecule has 21 heavy (non-hydrogen) atoms. The van der Waals surface area contributed by atoms with Crippen molar-refractivity contribution in [2.75, 3.05) is 25.0 Å². The minimum absolute atomic E-state index is 0.359. The van der Waals surface area contributed by atoms with Crippen molar-refractivity contribution in [2.45, 2.75) is 52.0 Å². The number of hydrogen-bond acceptors (Lipinski definition) is 3. The van der Waals surface area contributed by atoms with Crippen LogP contribution < -0.4 is 10.2 Å². The summed E-state index contributed by atoms with van der Waals surface area (Å²) in [6.07, 6.45) is 3.84. The maximum atomic E-state index is 9.50. The number of anilines is 1. The van der Waals surface area contributed by atoms with Gasteiger partial charge in [-0.3, -0.25) is 5.32 Å². The molecule has 0 saturated heterocycles. The summed E-state index contributed by atoms with van der Waals surface area (Å²) in [6, 6.07) is 10.9. The lowest BCUT2D eigenvalue weighted by Gasteiger charge is -2.28. The van der Waals surface area contributed by atoms with E-state index < -0.39 is 0 Å². The van der Waals surface area contributed by atoms with E-state index in [0.717, 1.165) is 38.8 Å². The Hall–Kier alpha value is -1.53. The van der Waals surface area contributed by atoms with Crippen molar-refractivity contribution in [1.82, 2.24) is 5.32 Å². The van der Waals surface area contributed by atoms with Gasteiger partial charge in [0.25, 0.3) is 0 Å². The third-order valence-corrected chi connectivity index (χ3v) is 4.15. The van der Waals surface area contributed by atoms with Gasteiger partial charge in [-0.2, -0.15) is 5.26 Å². The summed E-state index contributed by atoms with van der Waals surface area (Å²) in [5, 5.41) is 12.9. The Bertz CT molecular complexity index is 464. The fourth-order valence-corrected chi connectivity index (χ4v) is 2.66. The number of rotatable bonds is 9. The molecule has 0 radical (unpaired) electrons. The molecule has 0 spiro atoms. The third-order valence-electron chi connectivity index (χ3n) is 4.15. The van der Waals surface area contributed by atoms with Crippen LogP contribution >= 0.6 is 0 Å². The molecule has 0 heterocycles. The molecule has 0 aromatic heterocycles. The predicted molar refractivity (Wildman–Crippen MR) is 90.6 cm³/mol. The number of aryl methyl sites for hydroxylation is 1. The molecule has 0 aliphatic heterocycles. The lowest BCUT2D eigenvalue weighted by atomic mass is 9.91. The van der Waals surface area contributed by atoms with Gasteiger partial charge in [0.15, 0.2) is 0 Å². The molecule has 1 rings (SSSR count). The van der Waals surface area contributed by atoms with Crippen LogP contribution in [0.15, 0.2) is 24.3 Å². The smallest absolute Gasteiger partial charge is 0.106 e. The van der Waals surface area contributed by atoms with Crippen LogP contribution in [0.4, 0.5) is 5.69 Å². The average Bonchev–Trinajstić information content (AvgIpc) is 2.51. The standard InChI is InChI=1S/C18H29N3/c1-5-13-20-18(6-2,15-19)12-9-14-21(4)17-11-8-7-10-16(17)3/h7-8,10-11,20H,5-6,9,12-14H2,1-4H3. The fourth-order valence-electron chi connectivity index (χ4n) is 2.66. The number of para-hydroxylation sites is 1.